The van der Waals surface area contributed by atoms with Gasteiger partial charge in [0.15, 0.2) is 0 Å². The number of carbonyl (C=O) groups is 2. The Morgan fingerprint density at radius 1 is 1.23 bits per heavy atom. The molecule has 1 aliphatic rings. The predicted octanol–water partition coefficient (Wildman–Crippen LogP) is 2.53. The molecule has 1 unspecified atom stereocenters. The van der Waals surface area contributed by atoms with Crippen LogP contribution in [0.3, 0.4) is 0 Å². The summed E-state index contributed by atoms with van der Waals surface area (Å²) in [6, 6.07) is 14.4. The van der Waals surface area contributed by atoms with E-state index in [1.54, 1.807) is 55.1 Å². The Morgan fingerprint density at radius 3 is 2.77 bits per heavy atom. The summed E-state index contributed by atoms with van der Waals surface area (Å²) >= 11 is 0. The van der Waals surface area contributed by atoms with Gasteiger partial charge in [-0.3, -0.25) is 14.3 Å². The summed E-state index contributed by atoms with van der Waals surface area (Å²) in [5, 5.41) is 6.99. The van der Waals surface area contributed by atoms with Crippen molar-refractivity contribution in [1.82, 2.24) is 15.1 Å². The minimum absolute atomic E-state index is 0.0147. The minimum Gasteiger partial charge on any atom is -0.489 e. The molecule has 1 aliphatic heterocycles. The lowest BCUT2D eigenvalue weighted by molar-refractivity contribution is -0.120. The van der Waals surface area contributed by atoms with Gasteiger partial charge in [0.25, 0.3) is 11.8 Å². The van der Waals surface area contributed by atoms with Gasteiger partial charge in [0.05, 0.1) is 12.2 Å². The molecule has 0 aliphatic carbocycles. The van der Waals surface area contributed by atoms with Crippen LogP contribution in [0.1, 0.15) is 21.7 Å². The first kappa shape index (κ1) is 19.6. The summed E-state index contributed by atoms with van der Waals surface area (Å²) in [4.78, 5) is 27.0. The van der Waals surface area contributed by atoms with Crippen LogP contribution in [0.4, 0.5) is 10.1 Å². The average molecular weight is 408 g/mol. The molecule has 2 amide bonds. The van der Waals surface area contributed by atoms with Crippen molar-refractivity contribution in [2.24, 2.45) is 0 Å². The Labute approximate surface area is 173 Å². The molecule has 0 bridgehead atoms. The standard InChI is InChI=1S/C22H21FN4O3/c1-14-11-17(25-27(14)12-15-7-3-4-8-16(15)23)21(28)24-18-13-30-20-10-6-5-9-19(20)26(2)22(18)29/h3-11,18H,12-13H2,1-2H3,(H,24,28). The van der Waals surface area contributed by atoms with Gasteiger partial charge in [0, 0.05) is 18.3 Å². The summed E-state index contributed by atoms with van der Waals surface area (Å²) in [6.07, 6.45) is 0. The quantitative estimate of drug-likeness (QED) is 0.720. The second-order valence-corrected chi connectivity index (χ2v) is 7.12. The molecule has 2 aromatic carbocycles. The molecular formula is C22H21FN4O3. The lowest BCUT2D eigenvalue weighted by Gasteiger charge is -2.20. The molecule has 0 spiro atoms. The Hall–Kier alpha value is -3.68. The zero-order valence-electron chi connectivity index (χ0n) is 16.6. The van der Waals surface area contributed by atoms with E-state index in [0.29, 0.717) is 22.7 Å². The molecule has 8 heteroatoms. The number of ether oxygens (including phenoxy) is 1. The van der Waals surface area contributed by atoms with Gasteiger partial charge in [-0.2, -0.15) is 5.10 Å². The monoisotopic (exact) mass is 408 g/mol. The van der Waals surface area contributed by atoms with Crippen LogP contribution in [0.5, 0.6) is 5.75 Å². The van der Waals surface area contributed by atoms with Gasteiger partial charge >= 0.3 is 0 Å². The van der Waals surface area contributed by atoms with Crippen molar-refractivity contribution in [2.75, 3.05) is 18.6 Å². The number of benzene rings is 2. The Bertz CT molecular complexity index is 1110. The number of hydrogen-bond acceptors (Lipinski definition) is 4. The number of nitrogens with one attached hydrogen (secondary N) is 1. The highest BCUT2D eigenvalue weighted by molar-refractivity contribution is 6.02. The Morgan fingerprint density at radius 2 is 1.97 bits per heavy atom. The largest absolute Gasteiger partial charge is 0.489 e. The van der Waals surface area contributed by atoms with Crippen LogP contribution in [0.25, 0.3) is 0 Å². The number of likely N-dealkylation sites (N-methyl/N-ethyl adjacent to an activating group) is 1. The molecule has 1 atom stereocenters. The average Bonchev–Trinajstić information content (AvgIpc) is 3.07. The number of halogens is 1. The topological polar surface area (TPSA) is 76.5 Å². The summed E-state index contributed by atoms with van der Waals surface area (Å²) in [5.74, 6) is -0.528. The van der Waals surface area contributed by atoms with Crippen LogP contribution < -0.4 is 15.0 Å². The van der Waals surface area contributed by atoms with Gasteiger partial charge in [-0.05, 0) is 31.2 Å². The van der Waals surface area contributed by atoms with Crippen LogP contribution in [-0.4, -0.2) is 41.3 Å². The van der Waals surface area contributed by atoms with Crippen LogP contribution in [0, 0.1) is 12.7 Å². The molecule has 3 aromatic rings. The smallest absolute Gasteiger partial charge is 0.272 e. The second kappa shape index (κ2) is 7.98. The first-order valence-corrected chi connectivity index (χ1v) is 9.52. The maximum Gasteiger partial charge on any atom is 0.272 e. The lowest BCUT2D eigenvalue weighted by Crippen LogP contribution is -2.49. The number of aryl methyl sites for hydroxylation is 1. The van der Waals surface area contributed by atoms with E-state index in [0.717, 1.165) is 0 Å². The lowest BCUT2D eigenvalue weighted by atomic mass is 10.2. The van der Waals surface area contributed by atoms with Crippen molar-refractivity contribution < 1.29 is 18.7 Å². The molecule has 0 saturated heterocycles. The molecule has 7 nitrogen and oxygen atoms in total. The third kappa shape index (κ3) is 3.76. The molecule has 1 N–H and O–H groups in total. The molecule has 0 fully saturated rings. The van der Waals surface area contributed by atoms with E-state index >= 15 is 0 Å². The SMILES string of the molecule is Cc1cc(C(=O)NC2COc3ccccc3N(C)C2=O)nn1Cc1ccccc1F. The van der Waals surface area contributed by atoms with Crippen molar-refractivity contribution >= 4 is 17.5 Å². The molecule has 154 valence electrons. The fraction of sp³-hybridized carbons (Fsp3) is 0.227. The van der Waals surface area contributed by atoms with Crippen molar-refractivity contribution in [3.05, 3.63) is 77.4 Å². The maximum absolute atomic E-state index is 13.9. The number of hydrogen-bond donors (Lipinski definition) is 1. The van der Waals surface area contributed by atoms with Crippen molar-refractivity contribution in [3.8, 4) is 5.75 Å². The van der Waals surface area contributed by atoms with Gasteiger partial charge in [0.1, 0.15) is 29.9 Å². The number of para-hydroxylation sites is 2. The fourth-order valence-corrected chi connectivity index (χ4v) is 3.36. The summed E-state index contributed by atoms with van der Waals surface area (Å²) < 4.78 is 21.2. The highest BCUT2D eigenvalue weighted by Crippen LogP contribution is 2.29. The molecule has 1 aromatic heterocycles. The second-order valence-electron chi connectivity index (χ2n) is 7.12. The van der Waals surface area contributed by atoms with Gasteiger partial charge in [-0.15, -0.1) is 0 Å². The molecule has 0 radical (unpaired) electrons. The van der Waals surface area contributed by atoms with Gasteiger partial charge in [-0.25, -0.2) is 4.39 Å². The van der Waals surface area contributed by atoms with E-state index in [1.807, 2.05) is 12.1 Å². The van der Waals surface area contributed by atoms with Gasteiger partial charge in [-0.1, -0.05) is 30.3 Å². The van der Waals surface area contributed by atoms with Crippen LogP contribution in [0.15, 0.2) is 54.6 Å². The van der Waals surface area contributed by atoms with Gasteiger partial charge < -0.3 is 15.0 Å². The molecule has 0 saturated carbocycles. The van der Waals surface area contributed by atoms with Gasteiger partial charge in [0.2, 0.25) is 0 Å². The summed E-state index contributed by atoms with van der Waals surface area (Å²) in [6.45, 7) is 2.01. The highest BCUT2D eigenvalue weighted by Gasteiger charge is 2.31. The van der Waals surface area contributed by atoms with E-state index in [-0.39, 0.29) is 30.6 Å². The molecule has 30 heavy (non-hydrogen) atoms. The van der Waals surface area contributed by atoms with E-state index in [2.05, 4.69) is 10.4 Å². The zero-order chi connectivity index (χ0) is 21.3. The number of rotatable bonds is 4. The van der Waals surface area contributed by atoms with Crippen molar-refractivity contribution in [1.29, 1.82) is 0 Å². The summed E-state index contributed by atoms with van der Waals surface area (Å²) in [7, 11) is 1.64. The highest BCUT2D eigenvalue weighted by atomic mass is 19.1. The molecular weight excluding hydrogens is 387 g/mol. The third-order valence-corrected chi connectivity index (χ3v) is 5.06. The van der Waals surface area contributed by atoms with E-state index in [1.165, 1.54) is 11.0 Å². The Balaban J connectivity index is 1.49. The number of fused-ring (bicyclic) bond motifs is 1. The third-order valence-electron chi connectivity index (χ3n) is 5.06. The first-order chi connectivity index (χ1) is 14.4. The number of nitrogens with zero attached hydrogens (tertiary/aromatic N) is 3. The van der Waals surface area contributed by atoms with E-state index < -0.39 is 11.9 Å². The maximum atomic E-state index is 13.9. The number of carbonyl (C=O) groups excluding carboxylic acids is 2. The first-order valence-electron chi connectivity index (χ1n) is 9.52. The number of anilines is 1. The van der Waals surface area contributed by atoms with E-state index in [9.17, 15) is 14.0 Å². The van der Waals surface area contributed by atoms with Crippen LogP contribution in [-0.2, 0) is 11.3 Å². The predicted molar refractivity (Wildman–Crippen MR) is 109 cm³/mol. The zero-order valence-corrected chi connectivity index (χ0v) is 16.6. The number of aromatic nitrogens is 2. The van der Waals surface area contributed by atoms with Crippen molar-refractivity contribution in [3.63, 3.8) is 0 Å². The normalized spacial score (nSPS) is 15.9. The fourth-order valence-electron chi connectivity index (χ4n) is 3.36. The number of amides is 2. The van der Waals surface area contributed by atoms with Crippen LogP contribution >= 0.6 is 0 Å². The molecule has 2 heterocycles. The van der Waals surface area contributed by atoms with E-state index in [4.69, 9.17) is 4.74 Å². The Kier molecular flexibility index (Phi) is 5.22. The molecule has 4 rings (SSSR count). The minimum atomic E-state index is -0.855. The van der Waals surface area contributed by atoms with Crippen LogP contribution in [0.2, 0.25) is 0 Å². The van der Waals surface area contributed by atoms with Crippen molar-refractivity contribution in [2.45, 2.75) is 19.5 Å². The summed E-state index contributed by atoms with van der Waals surface area (Å²) in [5.41, 5.74) is 1.98.